The third kappa shape index (κ3) is 5.97. The minimum absolute atomic E-state index is 0.00687. The highest BCUT2D eigenvalue weighted by Crippen LogP contribution is 2.27. The van der Waals surface area contributed by atoms with E-state index in [1.165, 1.54) is 12.1 Å². The molecule has 1 aromatic heterocycles. The average Bonchev–Trinajstić information content (AvgIpc) is 3.14. The smallest absolute Gasteiger partial charge is 0.406 e. The molecule has 0 aliphatic carbocycles. The largest absolute Gasteiger partial charge is 0.573 e. The van der Waals surface area contributed by atoms with Crippen LogP contribution in [-0.2, 0) is 14.2 Å². The number of aromatic nitrogens is 2. The lowest BCUT2D eigenvalue weighted by Crippen LogP contribution is -2.39. The van der Waals surface area contributed by atoms with Gasteiger partial charge in [0, 0.05) is 31.7 Å². The Bertz CT molecular complexity index is 843. The number of nitrogens with zero attached hydrogens (tertiary/aromatic N) is 3. The topological polar surface area (TPSA) is 58.0 Å². The molecule has 0 radical (unpaired) electrons. The van der Waals surface area contributed by atoms with Crippen molar-refractivity contribution < 1.29 is 32.1 Å². The lowest BCUT2D eigenvalue weighted by atomic mass is 10.1. The van der Waals surface area contributed by atoms with Crippen LogP contribution in [0.15, 0.2) is 30.3 Å². The van der Waals surface area contributed by atoms with Crippen LogP contribution in [0.3, 0.4) is 0 Å². The second kappa shape index (κ2) is 9.56. The third-order valence-electron chi connectivity index (χ3n) is 5.39. The van der Waals surface area contributed by atoms with E-state index in [4.69, 9.17) is 14.2 Å². The van der Waals surface area contributed by atoms with Gasteiger partial charge in [0.15, 0.2) is 6.29 Å². The summed E-state index contributed by atoms with van der Waals surface area (Å²) in [6, 6.07) is 7.58. The van der Waals surface area contributed by atoms with E-state index in [1.807, 2.05) is 13.0 Å². The quantitative estimate of drug-likeness (QED) is 0.686. The summed E-state index contributed by atoms with van der Waals surface area (Å²) in [5.41, 5.74) is 2.35. The van der Waals surface area contributed by atoms with Crippen LogP contribution in [0, 0.1) is 6.92 Å². The Labute approximate surface area is 178 Å². The van der Waals surface area contributed by atoms with Gasteiger partial charge in [0.2, 0.25) is 0 Å². The van der Waals surface area contributed by atoms with E-state index in [-0.39, 0.29) is 18.0 Å². The molecule has 0 spiro atoms. The summed E-state index contributed by atoms with van der Waals surface area (Å²) in [6.45, 7) is 7.27. The van der Waals surface area contributed by atoms with Gasteiger partial charge in [0.1, 0.15) is 5.75 Å². The molecule has 31 heavy (non-hydrogen) atoms. The van der Waals surface area contributed by atoms with Crippen LogP contribution in [-0.4, -0.2) is 73.4 Å². The Morgan fingerprint density at radius 1 is 1.10 bits per heavy atom. The number of alkyl halides is 3. The Morgan fingerprint density at radius 3 is 2.42 bits per heavy atom. The van der Waals surface area contributed by atoms with Gasteiger partial charge in [-0.05, 0) is 37.3 Å². The van der Waals surface area contributed by atoms with E-state index in [1.54, 1.807) is 16.8 Å². The maximum Gasteiger partial charge on any atom is 0.573 e. The third-order valence-corrected chi connectivity index (χ3v) is 5.39. The molecule has 0 unspecified atom stereocenters. The van der Waals surface area contributed by atoms with E-state index in [0.717, 1.165) is 50.7 Å². The lowest BCUT2D eigenvalue weighted by Gasteiger charge is -2.31. The standard InChI is InChI=1S/C21H26F3N3O4/c1-15-12-19(25-27(15)17-2-4-18(5-3-17)31-21(22,23)24)16-13-29-20(30-14-16)6-7-26-8-10-28-11-9-26/h2-5,12,16,20H,6-11,13-14H2,1H3. The summed E-state index contributed by atoms with van der Waals surface area (Å²) in [4.78, 5) is 2.35. The number of hydrogen-bond acceptors (Lipinski definition) is 6. The second-order valence-corrected chi connectivity index (χ2v) is 7.70. The van der Waals surface area contributed by atoms with E-state index in [9.17, 15) is 13.2 Å². The summed E-state index contributed by atoms with van der Waals surface area (Å²) >= 11 is 0. The molecule has 2 aromatic rings. The second-order valence-electron chi connectivity index (χ2n) is 7.70. The molecule has 4 rings (SSSR count). The average molecular weight is 441 g/mol. The van der Waals surface area contributed by atoms with Gasteiger partial charge in [-0.25, -0.2) is 4.68 Å². The number of hydrogen-bond donors (Lipinski definition) is 0. The fourth-order valence-electron chi connectivity index (χ4n) is 3.74. The molecule has 0 amide bonds. The van der Waals surface area contributed by atoms with Crippen molar-refractivity contribution in [1.29, 1.82) is 0 Å². The van der Waals surface area contributed by atoms with Crippen molar-refractivity contribution in [2.24, 2.45) is 0 Å². The Balaban J connectivity index is 1.32. The zero-order chi connectivity index (χ0) is 21.8. The zero-order valence-electron chi connectivity index (χ0n) is 17.3. The van der Waals surface area contributed by atoms with Crippen molar-refractivity contribution in [1.82, 2.24) is 14.7 Å². The number of morpholine rings is 1. The molecular weight excluding hydrogens is 415 g/mol. The SMILES string of the molecule is Cc1cc(C2COC(CCN3CCOCC3)OC2)nn1-c1ccc(OC(F)(F)F)cc1. The van der Waals surface area contributed by atoms with Gasteiger partial charge in [-0.3, -0.25) is 4.90 Å². The van der Waals surface area contributed by atoms with Crippen LogP contribution in [0.1, 0.15) is 23.7 Å². The summed E-state index contributed by atoms with van der Waals surface area (Å²) < 4.78 is 59.8. The fraction of sp³-hybridized carbons (Fsp3) is 0.571. The number of halogens is 3. The van der Waals surface area contributed by atoms with E-state index in [2.05, 4.69) is 14.7 Å². The van der Waals surface area contributed by atoms with Gasteiger partial charge in [0.05, 0.1) is 43.7 Å². The van der Waals surface area contributed by atoms with Crippen molar-refractivity contribution in [2.75, 3.05) is 46.1 Å². The molecule has 2 aliphatic rings. The van der Waals surface area contributed by atoms with Crippen LogP contribution in [0.2, 0.25) is 0 Å². The number of aryl methyl sites for hydroxylation is 1. The minimum Gasteiger partial charge on any atom is -0.406 e. The molecule has 7 nitrogen and oxygen atoms in total. The molecule has 1 aromatic carbocycles. The summed E-state index contributed by atoms with van der Waals surface area (Å²) in [5, 5.41) is 4.62. The number of benzene rings is 1. The van der Waals surface area contributed by atoms with E-state index >= 15 is 0 Å². The minimum atomic E-state index is -4.71. The van der Waals surface area contributed by atoms with Crippen LogP contribution in [0.5, 0.6) is 5.75 Å². The first-order valence-corrected chi connectivity index (χ1v) is 10.3. The summed E-state index contributed by atoms with van der Waals surface area (Å²) in [6.07, 6.45) is -4.12. The first-order valence-electron chi connectivity index (χ1n) is 10.3. The van der Waals surface area contributed by atoms with Gasteiger partial charge in [-0.15, -0.1) is 13.2 Å². The summed E-state index contributed by atoms with van der Waals surface area (Å²) in [7, 11) is 0. The first-order chi connectivity index (χ1) is 14.9. The zero-order valence-corrected chi connectivity index (χ0v) is 17.3. The maximum absolute atomic E-state index is 12.3. The van der Waals surface area contributed by atoms with E-state index in [0.29, 0.717) is 18.9 Å². The normalized spacial score (nSPS) is 23.1. The first kappa shape index (κ1) is 22.1. The fourth-order valence-corrected chi connectivity index (χ4v) is 3.74. The van der Waals surface area contributed by atoms with Gasteiger partial charge in [0.25, 0.3) is 0 Å². The predicted molar refractivity (Wildman–Crippen MR) is 105 cm³/mol. The molecule has 3 heterocycles. The van der Waals surface area contributed by atoms with Crippen molar-refractivity contribution in [3.8, 4) is 11.4 Å². The van der Waals surface area contributed by atoms with Crippen molar-refractivity contribution >= 4 is 0 Å². The van der Waals surface area contributed by atoms with Gasteiger partial charge in [-0.1, -0.05) is 0 Å². The van der Waals surface area contributed by atoms with Crippen molar-refractivity contribution in [3.63, 3.8) is 0 Å². The van der Waals surface area contributed by atoms with Crippen LogP contribution in [0.4, 0.5) is 13.2 Å². The molecule has 0 bridgehead atoms. The molecule has 10 heteroatoms. The summed E-state index contributed by atoms with van der Waals surface area (Å²) in [5.74, 6) is -0.258. The highest BCUT2D eigenvalue weighted by molar-refractivity contribution is 5.38. The molecule has 2 aliphatic heterocycles. The van der Waals surface area contributed by atoms with Crippen molar-refractivity contribution in [2.45, 2.75) is 31.9 Å². The Hall–Kier alpha value is -2.14. The van der Waals surface area contributed by atoms with Crippen LogP contribution < -0.4 is 4.74 Å². The molecule has 170 valence electrons. The van der Waals surface area contributed by atoms with Crippen LogP contribution >= 0.6 is 0 Å². The van der Waals surface area contributed by atoms with Crippen molar-refractivity contribution in [3.05, 3.63) is 41.7 Å². The van der Waals surface area contributed by atoms with Gasteiger partial charge < -0.3 is 18.9 Å². The predicted octanol–water partition coefficient (Wildman–Crippen LogP) is 3.26. The van der Waals surface area contributed by atoms with E-state index < -0.39 is 6.36 Å². The monoisotopic (exact) mass is 441 g/mol. The highest BCUT2D eigenvalue weighted by atomic mass is 19.4. The van der Waals surface area contributed by atoms with Gasteiger partial charge >= 0.3 is 6.36 Å². The maximum atomic E-state index is 12.3. The molecule has 0 atom stereocenters. The molecule has 0 N–H and O–H groups in total. The number of ether oxygens (including phenoxy) is 4. The molecule has 0 saturated carbocycles. The molecule has 2 fully saturated rings. The highest BCUT2D eigenvalue weighted by Gasteiger charge is 2.31. The Kier molecular flexibility index (Phi) is 6.80. The molecular formula is C21H26F3N3O4. The molecule has 2 saturated heterocycles. The number of rotatable bonds is 6. The lowest BCUT2D eigenvalue weighted by molar-refractivity contribution is -0.274. The van der Waals surface area contributed by atoms with Crippen LogP contribution in [0.25, 0.3) is 5.69 Å². The Morgan fingerprint density at radius 2 is 1.77 bits per heavy atom. The van der Waals surface area contributed by atoms with Gasteiger partial charge in [-0.2, -0.15) is 5.10 Å².